The van der Waals surface area contributed by atoms with Crippen molar-refractivity contribution in [3.05, 3.63) is 24.3 Å². The monoisotopic (exact) mass is 238 g/mol. The first kappa shape index (κ1) is 14.1. The molecule has 0 radical (unpaired) electrons. The van der Waals surface area contributed by atoms with Gasteiger partial charge in [-0.05, 0) is 45.1 Å². The SMILES string of the molecule is CC(C)(C)OOC1(C(C)(C)C)C=CC(=O)C=C1. The fourth-order valence-electron chi connectivity index (χ4n) is 1.40. The minimum absolute atomic E-state index is 0.0239. The lowest BCUT2D eigenvalue weighted by Crippen LogP contribution is -2.45. The van der Waals surface area contributed by atoms with Crippen LogP contribution in [0, 0.1) is 5.41 Å². The van der Waals surface area contributed by atoms with E-state index in [9.17, 15) is 4.79 Å². The quantitative estimate of drug-likeness (QED) is 0.547. The van der Waals surface area contributed by atoms with Crippen LogP contribution in [0.25, 0.3) is 0 Å². The van der Waals surface area contributed by atoms with Gasteiger partial charge < -0.3 is 0 Å². The predicted molar refractivity (Wildman–Crippen MR) is 67.4 cm³/mol. The van der Waals surface area contributed by atoms with E-state index in [-0.39, 0.29) is 16.8 Å². The van der Waals surface area contributed by atoms with Crippen molar-refractivity contribution in [1.82, 2.24) is 0 Å². The summed E-state index contributed by atoms with van der Waals surface area (Å²) in [5.74, 6) is -0.0239. The van der Waals surface area contributed by atoms with Crippen LogP contribution in [0.5, 0.6) is 0 Å². The maximum Gasteiger partial charge on any atom is 0.178 e. The van der Waals surface area contributed by atoms with Gasteiger partial charge in [0.1, 0.15) is 5.60 Å². The average molecular weight is 238 g/mol. The summed E-state index contributed by atoms with van der Waals surface area (Å²) in [6.07, 6.45) is 6.58. The highest BCUT2D eigenvalue weighted by molar-refractivity contribution is 6.00. The molecule has 0 unspecified atom stereocenters. The zero-order valence-electron chi connectivity index (χ0n) is 11.5. The summed E-state index contributed by atoms with van der Waals surface area (Å²) >= 11 is 0. The molecule has 17 heavy (non-hydrogen) atoms. The van der Waals surface area contributed by atoms with Gasteiger partial charge in [-0.1, -0.05) is 20.8 Å². The second kappa shape index (κ2) is 4.39. The molecule has 3 heteroatoms. The van der Waals surface area contributed by atoms with Gasteiger partial charge in [-0.15, -0.1) is 0 Å². The lowest BCUT2D eigenvalue weighted by atomic mass is 9.74. The first-order valence-electron chi connectivity index (χ1n) is 5.85. The van der Waals surface area contributed by atoms with E-state index in [0.29, 0.717) is 0 Å². The Balaban J connectivity index is 2.94. The first-order chi connectivity index (χ1) is 7.56. The van der Waals surface area contributed by atoms with Crippen LogP contribution in [0.2, 0.25) is 0 Å². The van der Waals surface area contributed by atoms with Gasteiger partial charge in [0.15, 0.2) is 5.78 Å². The van der Waals surface area contributed by atoms with Gasteiger partial charge in [-0.2, -0.15) is 0 Å². The fourth-order valence-corrected chi connectivity index (χ4v) is 1.40. The van der Waals surface area contributed by atoms with E-state index in [1.807, 2.05) is 41.5 Å². The Morgan fingerprint density at radius 2 is 1.47 bits per heavy atom. The van der Waals surface area contributed by atoms with Crippen LogP contribution < -0.4 is 0 Å². The summed E-state index contributed by atoms with van der Waals surface area (Å²) in [7, 11) is 0. The third kappa shape index (κ3) is 3.51. The highest BCUT2D eigenvalue weighted by atomic mass is 17.2. The Bertz CT molecular complexity index is 335. The van der Waals surface area contributed by atoms with Gasteiger partial charge in [0.05, 0.1) is 5.60 Å². The molecule has 96 valence electrons. The van der Waals surface area contributed by atoms with E-state index in [1.165, 1.54) is 12.2 Å². The number of carbonyl (C=O) groups excluding carboxylic acids is 1. The van der Waals surface area contributed by atoms with Gasteiger partial charge >= 0.3 is 0 Å². The molecule has 0 atom stereocenters. The third-order valence-electron chi connectivity index (χ3n) is 2.59. The maximum atomic E-state index is 11.2. The molecule has 0 saturated heterocycles. The number of hydrogen-bond donors (Lipinski definition) is 0. The van der Waals surface area contributed by atoms with E-state index < -0.39 is 5.60 Å². The van der Waals surface area contributed by atoms with Crippen molar-refractivity contribution >= 4 is 5.78 Å². The number of ketones is 1. The van der Waals surface area contributed by atoms with Crippen molar-refractivity contribution in [2.24, 2.45) is 5.41 Å². The molecular weight excluding hydrogens is 216 g/mol. The molecule has 0 N–H and O–H groups in total. The van der Waals surface area contributed by atoms with Crippen LogP contribution in [0.4, 0.5) is 0 Å². The molecule has 0 bridgehead atoms. The Kier molecular flexibility index (Phi) is 3.65. The normalized spacial score (nSPS) is 19.8. The Labute approximate surface area is 103 Å². The second-order valence-corrected chi connectivity index (χ2v) is 6.39. The largest absolute Gasteiger partial charge is 0.290 e. The summed E-state index contributed by atoms with van der Waals surface area (Å²) < 4.78 is 0. The molecule has 1 aliphatic carbocycles. The predicted octanol–water partition coefficient (Wildman–Crippen LogP) is 3.21. The van der Waals surface area contributed by atoms with E-state index >= 15 is 0 Å². The standard InChI is InChI=1S/C14H22O3/c1-12(2,3)14(17-16-13(4,5)6)9-7-11(15)8-10-14/h7-10H,1-6H3. The second-order valence-electron chi connectivity index (χ2n) is 6.39. The van der Waals surface area contributed by atoms with Crippen molar-refractivity contribution in [3.63, 3.8) is 0 Å². The minimum atomic E-state index is -0.700. The average Bonchev–Trinajstić information content (AvgIpc) is 2.14. The van der Waals surface area contributed by atoms with Gasteiger partial charge in [0.25, 0.3) is 0 Å². The first-order valence-corrected chi connectivity index (χ1v) is 5.85. The summed E-state index contributed by atoms with van der Waals surface area (Å²) in [4.78, 5) is 22.3. The zero-order chi connectivity index (χ0) is 13.3. The Morgan fingerprint density at radius 1 is 1.00 bits per heavy atom. The summed E-state index contributed by atoms with van der Waals surface area (Å²) in [5.41, 5.74) is -1.29. The summed E-state index contributed by atoms with van der Waals surface area (Å²) in [6, 6.07) is 0. The molecular formula is C14H22O3. The molecule has 0 aromatic heterocycles. The molecule has 0 spiro atoms. The molecule has 0 aliphatic heterocycles. The van der Waals surface area contributed by atoms with Crippen LogP contribution in [-0.4, -0.2) is 17.0 Å². The number of allylic oxidation sites excluding steroid dienone is 2. The molecule has 0 heterocycles. The van der Waals surface area contributed by atoms with Gasteiger partial charge in [-0.3, -0.25) is 4.79 Å². The molecule has 1 rings (SSSR count). The van der Waals surface area contributed by atoms with Crippen molar-refractivity contribution in [2.45, 2.75) is 52.7 Å². The smallest absolute Gasteiger partial charge is 0.178 e. The van der Waals surface area contributed by atoms with Crippen LogP contribution >= 0.6 is 0 Å². The van der Waals surface area contributed by atoms with Crippen molar-refractivity contribution in [1.29, 1.82) is 0 Å². The Hall–Kier alpha value is -0.930. The van der Waals surface area contributed by atoms with E-state index in [0.717, 1.165) is 0 Å². The summed E-state index contributed by atoms with van der Waals surface area (Å²) in [5, 5.41) is 0. The number of hydrogen-bond acceptors (Lipinski definition) is 3. The van der Waals surface area contributed by atoms with Crippen LogP contribution in [0.15, 0.2) is 24.3 Å². The maximum absolute atomic E-state index is 11.2. The third-order valence-corrected chi connectivity index (χ3v) is 2.59. The van der Waals surface area contributed by atoms with Gasteiger partial charge in [-0.25, -0.2) is 9.78 Å². The zero-order valence-corrected chi connectivity index (χ0v) is 11.5. The molecule has 0 fully saturated rings. The van der Waals surface area contributed by atoms with Crippen LogP contribution in [0.3, 0.4) is 0 Å². The van der Waals surface area contributed by atoms with E-state index in [2.05, 4.69) is 0 Å². The van der Waals surface area contributed by atoms with Crippen molar-refractivity contribution in [2.75, 3.05) is 0 Å². The highest BCUT2D eigenvalue weighted by Crippen LogP contribution is 2.39. The fraction of sp³-hybridized carbons (Fsp3) is 0.643. The molecule has 0 aromatic rings. The molecule has 0 aromatic carbocycles. The van der Waals surface area contributed by atoms with Crippen molar-refractivity contribution < 1.29 is 14.6 Å². The Morgan fingerprint density at radius 3 is 1.82 bits per heavy atom. The number of rotatable bonds is 2. The molecule has 3 nitrogen and oxygen atoms in total. The highest BCUT2D eigenvalue weighted by Gasteiger charge is 2.42. The topological polar surface area (TPSA) is 35.5 Å². The van der Waals surface area contributed by atoms with Crippen LogP contribution in [-0.2, 0) is 14.6 Å². The summed E-state index contributed by atoms with van der Waals surface area (Å²) in [6.45, 7) is 11.9. The van der Waals surface area contributed by atoms with Gasteiger partial charge in [0.2, 0.25) is 0 Å². The number of carbonyl (C=O) groups is 1. The van der Waals surface area contributed by atoms with E-state index in [4.69, 9.17) is 9.78 Å². The molecule has 0 amide bonds. The van der Waals surface area contributed by atoms with Crippen LogP contribution in [0.1, 0.15) is 41.5 Å². The lowest BCUT2D eigenvalue weighted by Gasteiger charge is -2.40. The minimum Gasteiger partial charge on any atom is -0.290 e. The van der Waals surface area contributed by atoms with Crippen molar-refractivity contribution in [3.8, 4) is 0 Å². The molecule has 1 aliphatic rings. The van der Waals surface area contributed by atoms with E-state index in [1.54, 1.807) is 12.2 Å². The van der Waals surface area contributed by atoms with Gasteiger partial charge in [0, 0.05) is 5.41 Å². The molecule has 0 saturated carbocycles. The lowest BCUT2D eigenvalue weighted by molar-refractivity contribution is -0.398.